The highest BCUT2D eigenvalue weighted by molar-refractivity contribution is 6.17. The summed E-state index contributed by atoms with van der Waals surface area (Å²) in [6.07, 6.45) is 1.44. The van der Waals surface area contributed by atoms with E-state index in [1.807, 2.05) is 0 Å². The summed E-state index contributed by atoms with van der Waals surface area (Å²) in [7, 11) is 0.549. The summed E-state index contributed by atoms with van der Waals surface area (Å²) in [5.74, 6) is 0.975. The van der Waals surface area contributed by atoms with Crippen molar-refractivity contribution in [1.29, 1.82) is 0 Å². The fourth-order valence-electron chi connectivity index (χ4n) is 2.46. The first kappa shape index (κ1) is 26.8. The molecular weight excluding hydrogens is 457 g/mol. The van der Waals surface area contributed by atoms with Crippen LogP contribution in [0.15, 0.2) is 97.1 Å². The van der Waals surface area contributed by atoms with Crippen LogP contribution < -0.4 is 9.39 Å². The lowest BCUT2D eigenvalue weighted by molar-refractivity contribution is 0.111. The Bertz CT molecular complexity index is 1200. The molecule has 0 fully saturated rings. The van der Waals surface area contributed by atoms with Gasteiger partial charge < -0.3 is 19.5 Å². The van der Waals surface area contributed by atoms with Crippen molar-refractivity contribution in [2.24, 2.45) is 0 Å². The van der Waals surface area contributed by atoms with Crippen LogP contribution in [0.5, 0.6) is 23.0 Å². The van der Waals surface area contributed by atoms with Crippen molar-refractivity contribution in [3.8, 4) is 23.0 Å². The molecule has 4 rings (SSSR count). The molecule has 0 aliphatic carbocycles. The van der Waals surface area contributed by atoms with Gasteiger partial charge in [-0.1, -0.05) is 24.3 Å². The maximum atomic E-state index is 12.6. The molecule has 4 aromatic rings. The van der Waals surface area contributed by atoms with E-state index >= 15 is 0 Å². The summed E-state index contributed by atoms with van der Waals surface area (Å²) in [5.41, 5.74) is 1.04. The second-order valence-electron chi connectivity index (χ2n) is 6.64. The Kier molecular flexibility index (Phi) is 11.2. The highest BCUT2D eigenvalue weighted by Gasteiger charge is 1.99. The van der Waals surface area contributed by atoms with Gasteiger partial charge in [0, 0.05) is 11.1 Å². The lowest BCUT2D eigenvalue weighted by atomic mass is 10.2. The predicted octanol–water partition coefficient (Wildman–Crippen LogP) is 5.37. The highest BCUT2D eigenvalue weighted by atomic mass is 19.1. The molecule has 0 bridgehead atoms. The zero-order chi connectivity index (χ0) is 25.5. The Balaban J connectivity index is 0.000000197. The number of carbonyl (C=O) groups is 2. The molecule has 2 N–H and O–H groups in total. The van der Waals surface area contributed by atoms with Gasteiger partial charge in [-0.3, -0.25) is 9.59 Å². The summed E-state index contributed by atoms with van der Waals surface area (Å²) >= 11 is 0. The van der Waals surface area contributed by atoms with Crippen molar-refractivity contribution in [1.82, 2.24) is 0 Å². The van der Waals surface area contributed by atoms with Gasteiger partial charge in [0.05, 0.1) is 0 Å². The number of hydrogen-bond donors (Lipinski definition) is 2. The molecule has 0 heterocycles. The molecular formula is C26H20BF2O6. The zero-order valence-electron chi connectivity index (χ0n) is 18.3. The topological polar surface area (TPSA) is 93.1 Å². The van der Waals surface area contributed by atoms with Gasteiger partial charge in [-0.25, -0.2) is 8.78 Å². The maximum absolute atomic E-state index is 12.6. The number of phenolic OH excluding ortho intramolecular Hbond substituents is 1. The molecule has 0 aliphatic heterocycles. The molecule has 1 radical (unpaired) electrons. The third kappa shape index (κ3) is 10.3. The van der Waals surface area contributed by atoms with Crippen LogP contribution in [0.4, 0.5) is 8.78 Å². The first-order chi connectivity index (χ1) is 16.9. The number of hydrogen-bond acceptors (Lipinski definition) is 6. The summed E-state index contributed by atoms with van der Waals surface area (Å²) in [6, 6.07) is 24.0. The number of ether oxygens (including phenoxy) is 1. The van der Waals surface area contributed by atoms with E-state index in [1.54, 1.807) is 36.4 Å². The first-order valence-corrected chi connectivity index (χ1v) is 10.0. The third-order valence-electron chi connectivity index (χ3n) is 4.05. The molecule has 0 saturated carbocycles. The number of aromatic hydroxyl groups is 1. The molecule has 9 heteroatoms. The van der Waals surface area contributed by atoms with Crippen molar-refractivity contribution < 1.29 is 37.9 Å². The Morgan fingerprint density at radius 3 is 1.66 bits per heavy atom. The Morgan fingerprint density at radius 2 is 1.17 bits per heavy atom. The van der Waals surface area contributed by atoms with Crippen molar-refractivity contribution >= 4 is 20.3 Å². The van der Waals surface area contributed by atoms with Crippen LogP contribution in [0.25, 0.3) is 0 Å². The lowest BCUT2D eigenvalue weighted by Gasteiger charge is -2.05. The van der Waals surface area contributed by atoms with Crippen LogP contribution >= 0.6 is 0 Å². The van der Waals surface area contributed by atoms with Crippen LogP contribution in [0.3, 0.4) is 0 Å². The lowest BCUT2D eigenvalue weighted by Crippen LogP contribution is -1.99. The monoisotopic (exact) mass is 477 g/mol. The molecule has 177 valence electrons. The minimum Gasteiger partial charge on any atom is -0.537 e. The van der Waals surface area contributed by atoms with Crippen molar-refractivity contribution in [3.05, 3.63) is 120 Å². The quantitative estimate of drug-likeness (QED) is 0.287. The highest BCUT2D eigenvalue weighted by Crippen LogP contribution is 2.21. The zero-order valence-corrected chi connectivity index (χ0v) is 18.3. The van der Waals surface area contributed by atoms with Gasteiger partial charge in [-0.15, -0.1) is 0 Å². The van der Waals surface area contributed by atoms with E-state index in [0.717, 1.165) is 6.29 Å². The second-order valence-corrected chi connectivity index (χ2v) is 6.64. The summed E-state index contributed by atoms with van der Waals surface area (Å²) < 4.78 is 34.8. The number of phenols is 1. The van der Waals surface area contributed by atoms with Crippen molar-refractivity contribution in [2.75, 3.05) is 0 Å². The van der Waals surface area contributed by atoms with Gasteiger partial charge in [-0.2, -0.15) is 0 Å². The number of carbonyl (C=O) groups excluding carboxylic acids is 2. The van der Waals surface area contributed by atoms with Crippen LogP contribution in [0.2, 0.25) is 0 Å². The minimum atomic E-state index is -0.328. The Labute approximate surface area is 201 Å². The van der Waals surface area contributed by atoms with Gasteiger partial charge in [0.1, 0.15) is 47.2 Å². The molecule has 0 spiro atoms. The molecule has 0 unspecified atom stereocenters. The number of aldehydes is 2. The smallest absolute Gasteiger partial charge is 0.537 e. The molecule has 0 atom stereocenters. The molecule has 0 aromatic heterocycles. The fourth-order valence-corrected chi connectivity index (χ4v) is 2.46. The largest absolute Gasteiger partial charge is 0.569 e. The SMILES string of the molecule is O=Cc1cccc(O)c1.O=Cc1cccc(Oc2ccc(F)cc2)c1.O[B]Oc1ccc(F)cc1. The number of benzene rings is 4. The Hall–Kier alpha value is -4.50. The Morgan fingerprint density at radius 1 is 0.657 bits per heavy atom. The molecule has 35 heavy (non-hydrogen) atoms. The maximum Gasteiger partial charge on any atom is 0.569 e. The van der Waals surface area contributed by atoms with Crippen LogP contribution in [0.1, 0.15) is 20.7 Å². The van der Waals surface area contributed by atoms with E-state index in [4.69, 9.17) is 14.9 Å². The van der Waals surface area contributed by atoms with Gasteiger partial charge in [0.25, 0.3) is 0 Å². The van der Waals surface area contributed by atoms with Crippen molar-refractivity contribution in [2.45, 2.75) is 0 Å². The van der Waals surface area contributed by atoms with Crippen molar-refractivity contribution in [3.63, 3.8) is 0 Å². The van der Waals surface area contributed by atoms with Crippen LogP contribution in [-0.2, 0) is 0 Å². The van der Waals surface area contributed by atoms with E-state index in [-0.39, 0.29) is 17.4 Å². The van der Waals surface area contributed by atoms with E-state index in [9.17, 15) is 18.4 Å². The molecule has 4 aromatic carbocycles. The molecule has 6 nitrogen and oxygen atoms in total. The van der Waals surface area contributed by atoms with Gasteiger partial charge >= 0.3 is 7.69 Å². The molecule has 0 saturated heterocycles. The molecule has 0 aliphatic rings. The summed E-state index contributed by atoms with van der Waals surface area (Å²) in [5, 5.41) is 16.9. The second kappa shape index (κ2) is 14.6. The van der Waals surface area contributed by atoms with Crippen LogP contribution in [0, 0.1) is 11.6 Å². The normalized spacial score (nSPS) is 9.34. The number of rotatable bonds is 6. The van der Waals surface area contributed by atoms with Gasteiger partial charge in [-0.05, 0) is 72.8 Å². The van der Waals surface area contributed by atoms with Gasteiger partial charge in [0.2, 0.25) is 0 Å². The van der Waals surface area contributed by atoms with Gasteiger partial charge in [0.15, 0.2) is 0 Å². The predicted molar refractivity (Wildman–Crippen MR) is 127 cm³/mol. The fraction of sp³-hybridized carbons (Fsp3) is 0. The van der Waals surface area contributed by atoms with E-state index < -0.39 is 0 Å². The summed E-state index contributed by atoms with van der Waals surface area (Å²) in [6.45, 7) is 0. The van der Waals surface area contributed by atoms with E-state index in [2.05, 4.69) is 4.65 Å². The number of halogens is 2. The average Bonchev–Trinajstić information content (AvgIpc) is 2.88. The summed E-state index contributed by atoms with van der Waals surface area (Å²) in [4.78, 5) is 20.6. The van der Waals surface area contributed by atoms with E-state index in [0.29, 0.717) is 42.3 Å². The standard InChI is InChI=1S/C13H9FO2.C7H6O2.C6H5BFO2/c14-11-4-6-12(7-5-11)16-13-3-1-2-10(8-13)9-15;8-5-6-2-1-3-7(9)4-6;8-5-1-3-6(4-2-5)10-7-9/h1-9H;1-5,9H;1-4,9H. The van der Waals surface area contributed by atoms with Crippen LogP contribution in [-0.4, -0.2) is 30.4 Å². The third-order valence-corrected chi connectivity index (χ3v) is 4.05. The minimum absolute atomic E-state index is 0.125. The first-order valence-electron chi connectivity index (χ1n) is 10.0. The molecule has 0 amide bonds. The average molecular weight is 477 g/mol. The van der Waals surface area contributed by atoms with E-state index in [1.165, 1.54) is 60.7 Å².